The van der Waals surface area contributed by atoms with Crippen molar-refractivity contribution in [2.45, 2.75) is 59.5 Å². The van der Waals surface area contributed by atoms with Crippen LogP contribution in [0.15, 0.2) is 0 Å². The lowest BCUT2D eigenvalue weighted by Crippen LogP contribution is -2.52. The molecule has 102 valence electrons. The van der Waals surface area contributed by atoms with E-state index < -0.39 is 5.41 Å². The Bertz CT molecular complexity index is 386. The van der Waals surface area contributed by atoms with Gasteiger partial charge in [-0.3, -0.25) is 4.79 Å². The number of ketones is 1. The van der Waals surface area contributed by atoms with Gasteiger partial charge in [0, 0.05) is 17.4 Å². The molecular formula is C12H23N5O. The summed E-state index contributed by atoms with van der Waals surface area (Å²) in [6.07, 6.45) is 0.448. The molecule has 0 radical (unpaired) electrons. The minimum Gasteiger partial charge on any atom is -0.302 e. The molecule has 0 saturated carbocycles. The number of carbonyl (C=O) groups is 1. The number of aromatic amines is 1. The van der Waals surface area contributed by atoms with Crippen LogP contribution < -0.4 is 5.32 Å². The minimum absolute atomic E-state index is 0.144. The van der Waals surface area contributed by atoms with Gasteiger partial charge in [0.15, 0.2) is 11.6 Å². The second-order valence-electron chi connectivity index (χ2n) is 6.59. The quantitative estimate of drug-likeness (QED) is 0.840. The van der Waals surface area contributed by atoms with Gasteiger partial charge in [-0.25, -0.2) is 0 Å². The molecule has 0 spiro atoms. The molecule has 0 unspecified atom stereocenters. The first-order chi connectivity index (χ1) is 8.09. The van der Waals surface area contributed by atoms with E-state index >= 15 is 0 Å². The molecule has 1 aromatic heterocycles. The fourth-order valence-electron chi connectivity index (χ4n) is 1.71. The topological polar surface area (TPSA) is 83.6 Å². The van der Waals surface area contributed by atoms with Crippen molar-refractivity contribution in [3.63, 3.8) is 0 Å². The van der Waals surface area contributed by atoms with Crippen LogP contribution in [0.2, 0.25) is 0 Å². The lowest BCUT2D eigenvalue weighted by molar-refractivity contribution is -0.129. The van der Waals surface area contributed by atoms with Gasteiger partial charge in [-0.2, -0.15) is 5.21 Å². The van der Waals surface area contributed by atoms with E-state index in [1.54, 1.807) is 0 Å². The first kappa shape index (κ1) is 14.8. The maximum Gasteiger partial charge on any atom is 0.176 e. The summed E-state index contributed by atoms with van der Waals surface area (Å²) in [5.74, 6) is 0.705. The molecule has 18 heavy (non-hydrogen) atoms. The molecule has 0 amide bonds. The summed E-state index contributed by atoms with van der Waals surface area (Å²) in [5, 5.41) is 17.1. The number of Topliss-reactive ketones (excluding diaryl/α,β-unsaturated/α-hetero) is 1. The molecule has 6 heteroatoms. The number of nitrogens with one attached hydrogen (secondary N) is 2. The van der Waals surface area contributed by atoms with E-state index in [1.807, 2.05) is 41.5 Å². The van der Waals surface area contributed by atoms with Gasteiger partial charge in [-0.15, -0.1) is 10.2 Å². The Morgan fingerprint density at radius 3 is 2.28 bits per heavy atom. The third-order valence-corrected chi connectivity index (χ3v) is 2.44. The highest BCUT2D eigenvalue weighted by Crippen LogP contribution is 2.19. The van der Waals surface area contributed by atoms with E-state index in [2.05, 4.69) is 25.9 Å². The largest absolute Gasteiger partial charge is 0.302 e. The van der Waals surface area contributed by atoms with Crippen LogP contribution in [0.4, 0.5) is 0 Å². The molecule has 0 aromatic carbocycles. The van der Waals surface area contributed by atoms with Crippen molar-refractivity contribution in [3.05, 3.63) is 5.82 Å². The van der Waals surface area contributed by atoms with Crippen LogP contribution in [0.1, 0.15) is 47.4 Å². The molecule has 1 rings (SSSR count). The van der Waals surface area contributed by atoms with Crippen molar-refractivity contribution in [3.8, 4) is 0 Å². The van der Waals surface area contributed by atoms with Crippen LogP contribution in [0.5, 0.6) is 0 Å². The average molecular weight is 253 g/mol. The number of carbonyl (C=O) groups excluding carboxylic acids is 1. The Kier molecular flexibility index (Phi) is 4.21. The summed E-state index contributed by atoms with van der Waals surface area (Å²) in [5.41, 5.74) is -0.540. The molecule has 1 heterocycles. The van der Waals surface area contributed by atoms with E-state index in [1.165, 1.54) is 0 Å². The second kappa shape index (κ2) is 5.14. The van der Waals surface area contributed by atoms with Gasteiger partial charge in [-0.1, -0.05) is 26.0 Å². The van der Waals surface area contributed by atoms with Crippen molar-refractivity contribution >= 4 is 5.78 Å². The van der Waals surface area contributed by atoms with E-state index in [0.717, 1.165) is 0 Å². The number of rotatable bonds is 4. The summed E-state index contributed by atoms with van der Waals surface area (Å²) in [7, 11) is 0. The number of H-pyrrole nitrogens is 1. The number of aromatic nitrogens is 4. The maximum atomic E-state index is 12.4. The van der Waals surface area contributed by atoms with Gasteiger partial charge in [0.2, 0.25) is 0 Å². The van der Waals surface area contributed by atoms with Crippen LogP contribution in [0, 0.1) is 5.41 Å². The van der Waals surface area contributed by atoms with Gasteiger partial charge in [0.05, 0.1) is 6.04 Å². The summed E-state index contributed by atoms with van der Waals surface area (Å²) < 4.78 is 0. The van der Waals surface area contributed by atoms with Crippen LogP contribution in [0.25, 0.3) is 0 Å². The molecule has 0 bridgehead atoms. The van der Waals surface area contributed by atoms with Crippen molar-refractivity contribution in [1.29, 1.82) is 0 Å². The summed E-state index contributed by atoms with van der Waals surface area (Å²) in [6.45, 7) is 11.9. The number of hydrogen-bond acceptors (Lipinski definition) is 5. The first-order valence-corrected chi connectivity index (χ1v) is 6.14. The third-order valence-electron chi connectivity index (χ3n) is 2.44. The smallest absolute Gasteiger partial charge is 0.176 e. The van der Waals surface area contributed by atoms with E-state index in [9.17, 15) is 4.79 Å². The zero-order chi connectivity index (χ0) is 14.0. The second-order valence-corrected chi connectivity index (χ2v) is 6.59. The Labute approximate surface area is 108 Å². The molecule has 0 aliphatic carbocycles. The fraction of sp³-hybridized carbons (Fsp3) is 0.833. The van der Waals surface area contributed by atoms with Crippen molar-refractivity contribution < 1.29 is 4.79 Å². The highest BCUT2D eigenvalue weighted by atomic mass is 16.1. The van der Waals surface area contributed by atoms with Gasteiger partial charge in [0.1, 0.15) is 0 Å². The Balaban J connectivity index is 2.85. The molecule has 1 aromatic rings. The van der Waals surface area contributed by atoms with Crippen LogP contribution in [-0.4, -0.2) is 38.0 Å². The van der Waals surface area contributed by atoms with Crippen molar-refractivity contribution in [2.24, 2.45) is 5.41 Å². The first-order valence-electron chi connectivity index (χ1n) is 6.14. The lowest BCUT2D eigenvalue weighted by atomic mass is 9.84. The maximum absolute atomic E-state index is 12.4. The van der Waals surface area contributed by atoms with Crippen molar-refractivity contribution in [2.75, 3.05) is 0 Å². The fourth-order valence-corrected chi connectivity index (χ4v) is 1.71. The van der Waals surface area contributed by atoms with E-state index in [-0.39, 0.29) is 17.4 Å². The zero-order valence-electron chi connectivity index (χ0n) is 12.0. The predicted octanol–water partition coefficient (Wildman–Crippen LogP) is 1.11. The van der Waals surface area contributed by atoms with Gasteiger partial charge in [-0.05, 0) is 20.8 Å². The summed E-state index contributed by atoms with van der Waals surface area (Å²) in [6, 6.07) is -0.303. The molecular weight excluding hydrogens is 230 g/mol. The third kappa shape index (κ3) is 4.52. The van der Waals surface area contributed by atoms with Crippen LogP contribution in [0.3, 0.4) is 0 Å². The van der Waals surface area contributed by atoms with Crippen LogP contribution >= 0.6 is 0 Å². The molecule has 1 atom stereocenters. The van der Waals surface area contributed by atoms with E-state index in [4.69, 9.17) is 0 Å². The van der Waals surface area contributed by atoms with Crippen LogP contribution in [-0.2, 0) is 11.2 Å². The average Bonchev–Trinajstić information content (AvgIpc) is 2.64. The highest BCUT2D eigenvalue weighted by molar-refractivity contribution is 5.89. The highest BCUT2D eigenvalue weighted by Gasteiger charge is 2.32. The lowest BCUT2D eigenvalue weighted by Gasteiger charge is -2.31. The molecule has 6 nitrogen and oxygen atoms in total. The standard InChI is InChI=1S/C12H23N5O/c1-11(2,3)10(18)8(13-12(4,5)6)7-9-14-16-17-15-9/h8,13H,7H2,1-6H3,(H,14,15,16,17)/t8-/m0/s1. The SMILES string of the molecule is CC(C)(C)N[C@@H](Cc1nn[nH]n1)C(=O)C(C)(C)C. The van der Waals surface area contributed by atoms with E-state index in [0.29, 0.717) is 12.2 Å². The molecule has 2 N–H and O–H groups in total. The number of hydrogen-bond donors (Lipinski definition) is 2. The summed E-state index contributed by atoms with van der Waals surface area (Å²) >= 11 is 0. The summed E-state index contributed by atoms with van der Waals surface area (Å²) in [4.78, 5) is 12.4. The molecule has 0 fully saturated rings. The Morgan fingerprint density at radius 1 is 1.28 bits per heavy atom. The monoisotopic (exact) mass is 253 g/mol. The number of nitrogens with zero attached hydrogens (tertiary/aromatic N) is 3. The normalized spacial score (nSPS) is 14.6. The van der Waals surface area contributed by atoms with Gasteiger partial charge in [0.25, 0.3) is 0 Å². The Morgan fingerprint density at radius 2 is 1.89 bits per heavy atom. The van der Waals surface area contributed by atoms with Crippen molar-refractivity contribution in [1.82, 2.24) is 25.9 Å². The Hall–Kier alpha value is -1.30. The van der Waals surface area contributed by atoms with Gasteiger partial charge < -0.3 is 5.32 Å². The van der Waals surface area contributed by atoms with Gasteiger partial charge >= 0.3 is 0 Å². The predicted molar refractivity (Wildman–Crippen MR) is 69.0 cm³/mol. The number of tetrazole rings is 1. The molecule has 0 aliphatic heterocycles. The molecule has 0 saturated heterocycles. The molecule has 0 aliphatic rings. The zero-order valence-corrected chi connectivity index (χ0v) is 12.0. The minimum atomic E-state index is -0.396.